The maximum atomic E-state index is 5.96. The lowest BCUT2D eigenvalue weighted by Gasteiger charge is -2.14. The molecule has 0 spiro atoms. The lowest BCUT2D eigenvalue weighted by Crippen LogP contribution is -2.26. The van der Waals surface area contributed by atoms with Crippen LogP contribution >= 0.6 is 11.6 Å². The number of benzene rings is 1. The summed E-state index contributed by atoms with van der Waals surface area (Å²) < 4.78 is 5.34. The van der Waals surface area contributed by atoms with E-state index in [1.165, 1.54) is 11.1 Å². The first-order chi connectivity index (χ1) is 9.15. The molecule has 0 fully saturated rings. The van der Waals surface area contributed by atoms with E-state index in [4.69, 9.17) is 16.0 Å². The molecule has 0 saturated heterocycles. The zero-order valence-corrected chi connectivity index (χ0v) is 12.2. The summed E-state index contributed by atoms with van der Waals surface area (Å²) in [5.74, 6) is 1.05. The second-order valence-electron chi connectivity index (χ2n) is 4.97. The Balaban J connectivity index is 1.78. The van der Waals surface area contributed by atoms with Gasteiger partial charge in [0.1, 0.15) is 5.76 Å². The molecule has 0 aliphatic heterocycles. The van der Waals surface area contributed by atoms with Gasteiger partial charge < -0.3 is 9.73 Å². The van der Waals surface area contributed by atoms with Gasteiger partial charge in [0.05, 0.1) is 6.26 Å². The molecular formula is C16H20ClNO. The van der Waals surface area contributed by atoms with Crippen molar-refractivity contribution >= 4 is 11.6 Å². The zero-order valence-electron chi connectivity index (χ0n) is 11.4. The second-order valence-corrected chi connectivity index (χ2v) is 5.41. The van der Waals surface area contributed by atoms with Crippen molar-refractivity contribution in [2.75, 3.05) is 0 Å². The summed E-state index contributed by atoms with van der Waals surface area (Å²) in [6, 6.07) is 10.5. The number of halogens is 1. The minimum absolute atomic E-state index is 0.458. The van der Waals surface area contributed by atoms with E-state index in [2.05, 4.69) is 25.2 Å². The predicted octanol–water partition coefficient (Wildman–Crippen LogP) is 4.35. The van der Waals surface area contributed by atoms with Gasteiger partial charge in [-0.2, -0.15) is 0 Å². The molecule has 1 N–H and O–H groups in total. The third-order valence-corrected chi connectivity index (χ3v) is 3.58. The number of aryl methyl sites for hydroxylation is 2. The third-order valence-electron chi connectivity index (χ3n) is 3.35. The first kappa shape index (κ1) is 14.2. The van der Waals surface area contributed by atoms with Gasteiger partial charge in [-0.3, -0.25) is 0 Å². The van der Waals surface area contributed by atoms with Crippen LogP contribution in [0.3, 0.4) is 0 Å². The van der Waals surface area contributed by atoms with Gasteiger partial charge in [0.15, 0.2) is 0 Å². The average molecular weight is 278 g/mol. The summed E-state index contributed by atoms with van der Waals surface area (Å²) in [7, 11) is 0. The van der Waals surface area contributed by atoms with E-state index in [1.807, 2.05) is 24.3 Å². The Morgan fingerprint density at radius 3 is 2.84 bits per heavy atom. The normalized spacial score (nSPS) is 12.6. The Labute approximate surface area is 119 Å². The molecule has 1 heterocycles. The summed E-state index contributed by atoms with van der Waals surface area (Å²) >= 11 is 5.96. The molecule has 0 amide bonds. The van der Waals surface area contributed by atoms with Gasteiger partial charge in [-0.25, -0.2) is 0 Å². The average Bonchev–Trinajstić information content (AvgIpc) is 2.88. The molecule has 2 nitrogen and oxygen atoms in total. The molecule has 0 bridgehead atoms. The molecule has 3 heteroatoms. The highest BCUT2D eigenvalue weighted by Crippen LogP contribution is 2.15. The molecule has 1 aromatic heterocycles. The second kappa shape index (κ2) is 6.78. The molecule has 102 valence electrons. The van der Waals surface area contributed by atoms with Crippen LogP contribution in [0.4, 0.5) is 0 Å². The summed E-state index contributed by atoms with van der Waals surface area (Å²) in [4.78, 5) is 0. The molecule has 0 saturated carbocycles. The highest BCUT2D eigenvalue weighted by Gasteiger charge is 2.05. The van der Waals surface area contributed by atoms with Crippen LogP contribution in [0.1, 0.15) is 30.2 Å². The standard InChI is InChI=1S/C16H20ClNO/c1-12-10-15(17)7-6-14(12)11-18-13(2)5-8-16-4-3-9-19-16/h3-4,6-7,9-10,13,18H,5,8,11H2,1-2H3. The van der Waals surface area contributed by atoms with Gasteiger partial charge in [0.25, 0.3) is 0 Å². The monoisotopic (exact) mass is 277 g/mol. The minimum Gasteiger partial charge on any atom is -0.469 e. The molecule has 0 aliphatic carbocycles. The largest absolute Gasteiger partial charge is 0.469 e. The van der Waals surface area contributed by atoms with Crippen LogP contribution in [0.15, 0.2) is 41.0 Å². The molecule has 19 heavy (non-hydrogen) atoms. The number of rotatable bonds is 6. The van der Waals surface area contributed by atoms with Crippen molar-refractivity contribution in [2.45, 2.75) is 39.3 Å². The molecule has 0 radical (unpaired) electrons. The summed E-state index contributed by atoms with van der Waals surface area (Å²) in [6.45, 7) is 5.17. The Morgan fingerprint density at radius 1 is 1.32 bits per heavy atom. The molecule has 1 unspecified atom stereocenters. The predicted molar refractivity (Wildman–Crippen MR) is 79.5 cm³/mol. The van der Waals surface area contributed by atoms with Gasteiger partial charge in [-0.15, -0.1) is 0 Å². The smallest absolute Gasteiger partial charge is 0.103 e. The van der Waals surface area contributed by atoms with Gasteiger partial charge >= 0.3 is 0 Å². The maximum absolute atomic E-state index is 5.96. The van der Waals surface area contributed by atoms with Crippen LogP contribution in [0.2, 0.25) is 5.02 Å². The van der Waals surface area contributed by atoms with Crippen LogP contribution in [0.5, 0.6) is 0 Å². The van der Waals surface area contributed by atoms with Crippen molar-refractivity contribution in [1.29, 1.82) is 0 Å². The molecule has 2 rings (SSSR count). The van der Waals surface area contributed by atoms with E-state index in [0.29, 0.717) is 6.04 Å². The van der Waals surface area contributed by atoms with E-state index in [0.717, 1.165) is 30.2 Å². The number of furan rings is 1. The minimum atomic E-state index is 0.458. The SMILES string of the molecule is Cc1cc(Cl)ccc1CNC(C)CCc1ccco1. The molecule has 1 aromatic carbocycles. The summed E-state index contributed by atoms with van der Waals surface area (Å²) in [6.07, 6.45) is 3.77. The van der Waals surface area contributed by atoms with Gasteiger partial charge in [-0.1, -0.05) is 17.7 Å². The van der Waals surface area contributed by atoms with Crippen LogP contribution < -0.4 is 5.32 Å². The van der Waals surface area contributed by atoms with Crippen LogP contribution in [0.25, 0.3) is 0 Å². The van der Waals surface area contributed by atoms with Gasteiger partial charge in [0.2, 0.25) is 0 Å². The lowest BCUT2D eigenvalue weighted by atomic mass is 10.1. The van der Waals surface area contributed by atoms with E-state index < -0.39 is 0 Å². The summed E-state index contributed by atoms with van der Waals surface area (Å²) in [5, 5.41) is 4.34. The Hall–Kier alpha value is -1.25. The number of hydrogen-bond donors (Lipinski definition) is 1. The van der Waals surface area contributed by atoms with Gasteiger partial charge in [0, 0.05) is 24.0 Å². The summed E-state index contributed by atoms with van der Waals surface area (Å²) in [5.41, 5.74) is 2.53. The quantitative estimate of drug-likeness (QED) is 0.849. The Morgan fingerprint density at radius 2 is 2.16 bits per heavy atom. The molecule has 1 atom stereocenters. The van der Waals surface area contributed by atoms with E-state index in [1.54, 1.807) is 6.26 Å². The topological polar surface area (TPSA) is 25.2 Å². The fourth-order valence-electron chi connectivity index (χ4n) is 2.06. The van der Waals surface area contributed by atoms with Crippen molar-refractivity contribution in [2.24, 2.45) is 0 Å². The number of hydrogen-bond acceptors (Lipinski definition) is 2. The highest BCUT2D eigenvalue weighted by molar-refractivity contribution is 6.30. The van der Waals surface area contributed by atoms with Crippen LogP contribution in [-0.2, 0) is 13.0 Å². The van der Waals surface area contributed by atoms with E-state index in [-0.39, 0.29) is 0 Å². The Kier molecular flexibility index (Phi) is 5.06. The van der Waals surface area contributed by atoms with Gasteiger partial charge in [-0.05, 0) is 55.7 Å². The molecule has 0 aliphatic rings. The van der Waals surface area contributed by atoms with Crippen LogP contribution in [-0.4, -0.2) is 6.04 Å². The third kappa shape index (κ3) is 4.41. The van der Waals surface area contributed by atoms with Crippen molar-refractivity contribution in [1.82, 2.24) is 5.32 Å². The molecule has 2 aromatic rings. The van der Waals surface area contributed by atoms with E-state index in [9.17, 15) is 0 Å². The van der Waals surface area contributed by atoms with Crippen molar-refractivity contribution < 1.29 is 4.42 Å². The fourth-order valence-corrected chi connectivity index (χ4v) is 2.28. The highest BCUT2D eigenvalue weighted by atomic mass is 35.5. The fraction of sp³-hybridized carbons (Fsp3) is 0.375. The maximum Gasteiger partial charge on any atom is 0.103 e. The first-order valence-corrected chi connectivity index (χ1v) is 7.04. The van der Waals surface area contributed by atoms with Crippen molar-refractivity contribution in [3.05, 3.63) is 58.5 Å². The molecular weight excluding hydrogens is 258 g/mol. The van der Waals surface area contributed by atoms with E-state index >= 15 is 0 Å². The number of nitrogens with one attached hydrogen (secondary N) is 1. The Bertz CT molecular complexity index is 507. The van der Waals surface area contributed by atoms with Crippen molar-refractivity contribution in [3.63, 3.8) is 0 Å². The zero-order chi connectivity index (χ0) is 13.7. The lowest BCUT2D eigenvalue weighted by molar-refractivity contribution is 0.459. The van der Waals surface area contributed by atoms with Crippen LogP contribution in [0, 0.1) is 6.92 Å². The first-order valence-electron chi connectivity index (χ1n) is 6.66. The van der Waals surface area contributed by atoms with Crippen molar-refractivity contribution in [3.8, 4) is 0 Å².